The quantitative estimate of drug-likeness (QED) is 0.820. The van der Waals surface area contributed by atoms with Crippen LogP contribution in [0.2, 0.25) is 0 Å². The average molecular weight is 238 g/mol. The molecule has 0 aliphatic carbocycles. The summed E-state index contributed by atoms with van der Waals surface area (Å²) in [5, 5.41) is 8.98. The molecular weight excluding hydrogens is 220 g/mol. The first-order valence-electron chi connectivity index (χ1n) is 5.84. The third-order valence-corrected chi connectivity index (χ3v) is 3.18. The van der Waals surface area contributed by atoms with Crippen molar-refractivity contribution in [2.45, 2.75) is 19.0 Å². The van der Waals surface area contributed by atoms with Crippen LogP contribution >= 0.6 is 0 Å². The van der Waals surface area contributed by atoms with Crippen molar-refractivity contribution >= 4 is 5.91 Å². The smallest absolute Gasteiger partial charge is 0.240 e. The predicted molar refractivity (Wildman–Crippen MR) is 62.2 cm³/mol. The number of aliphatic hydroxyl groups is 1. The van der Waals surface area contributed by atoms with Gasteiger partial charge in [-0.1, -0.05) is 0 Å². The number of amides is 1. The number of aliphatic hydroxyl groups excluding tert-OH is 1. The van der Waals surface area contributed by atoms with Crippen molar-refractivity contribution < 1.29 is 14.3 Å². The fourth-order valence-corrected chi connectivity index (χ4v) is 2.16. The van der Waals surface area contributed by atoms with Gasteiger partial charge in [-0.25, -0.2) is 0 Å². The molecule has 1 aliphatic rings. The molecule has 1 unspecified atom stereocenters. The van der Waals surface area contributed by atoms with Crippen LogP contribution in [0.3, 0.4) is 0 Å². The Morgan fingerprint density at radius 2 is 2.35 bits per heavy atom. The van der Waals surface area contributed by atoms with E-state index in [0.29, 0.717) is 19.5 Å². The van der Waals surface area contributed by atoms with Crippen molar-refractivity contribution in [2.75, 3.05) is 26.7 Å². The lowest BCUT2D eigenvalue weighted by atomic mass is 10.1. The molecule has 1 aliphatic heterocycles. The summed E-state index contributed by atoms with van der Waals surface area (Å²) < 4.78 is 5.25. The van der Waals surface area contributed by atoms with Crippen LogP contribution in [0.15, 0.2) is 22.8 Å². The van der Waals surface area contributed by atoms with E-state index < -0.39 is 0 Å². The van der Waals surface area contributed by atoms with Gasteiger partial charge in [-0.3, -0.25) is 9.69 Å². The van der Waals surface area contributed by atoms with E-state index in [-0.39, 0.29) is 18.6 Å². The van der Waals surface area contributed by atoms with E-state index in [9.17, 15) is 4.79 Å². The van der Waals surface area contributed by atoms with Crippen LogP contribution in [0.5, 0.6) is 0 Å². The van der Waals surface area contributed by atoms with Gasteiger partial charge in [0.05, 0.1) is 18.8 Å². The Hall–Kier alpha value is -1.33. The molecule has 1 amide bonds. The highest BCUT2D eigenvalue weighted by Crippen LogP contribution is 2.15. The van der Waals surface area contributed by atoms with Gasteiger partial charge < -0.3 is 14.4 Å². The molecule has 0 spiro atoms. The molecular formula is C12H18N2O3. The number of nitrogens with zero attached hydrogens (tertiary/aromatic N) is 2. The lowest BCUT2D eigenvalue weighted by molar-refractivity contribution is -0.142. The average Bonchev–Trinajstić information content (AvgIpc) is 2.81. The lowest BCUT2D eigenvalue weighted by Crippen LogP contribution is -2.55. The summed E-state index contributed by atoms with van der Waals surface area (Å²) in [5.41, 5.74) is 0. The molecule has 1 atom stereocenters. The number of carbonyl (C=O) groups is 1. The molecule has 17 heavy (non-hydrogen) atoms. The van der Waals surface area contributed by atoms with Crippen LogP contribution in [0.25, 0.3) is 0 Å². The van der Waals surface area contributed by atoms with Crippen molar-refractivity contribution in [2.24, 2.45) is 0 Å². The van der Waals surface area contributed by atoms with Crippen LogP contribution in [0.4, 0.5) is 0 Å². The zero-order valence-electron chi connectivity index (χ0n) is 10.0. The Balaban J connectivity index is 2.01. The minimum Gasteiger partial charge on any atom is -0.467 e. The predicted octanol–water partition coefficient (Wildman–Crippen LogP) is 0.305. The van der Waals surface area contributed by atoms with Gasteiger partial charge in [0, 0.05) is 19.7 Å². The van der Waals surface area contributed by atoms with Crippen LogP contribution in [0.1, 0.15) is 12.2 Å². The molecule has 1 aromatic rings. The van der Waals surface area contributed by atoms with Gasteiger partial charge in [0.2, 0.25) is 5.91 Å². The first-order chi connectivity index (χ1) is 8.22. The summed E-state index contributed by atoms with van der Waals surface area (Å²) >= 11 is 0. The maximum absolute atomic E-state index is 12.2. The molecule has 1 N–H and O–H groups in total. The maximum Gasteiger partial charge on any atom is 0.240 e. The first kappa shape index (κ1) is 12.1. The summed E-state index contributed by atoms with van der Waals surface area (Å²) in [6.45, 7) is 2.09. The minimum atomic E-state index is -0.205. The highest BCUT2D eigenvalue weighted by Gasteiger charge is 2.32. The number of furan rings is 1. The summed E-state index contributed by atoms with van der Waals surface area (Å²) in [4.78, 5) is 16.0. The van der Waals surface area contributed by atoms with Crippen LogP contribution in [-0.4, -0.2) is 53.6 Å². The first-order valence-corrected chi connectivity index (χ1v) is 5.84. The van der Waals surface area contributed by atoms with Crippen molar-refractivity contribution in [3.05, 3.63) is 24.2 Å². The molecule has 1 fully saturated rings. The number of rotatable bonds is 4. The number of hydrogen-bond donors (Lipinski definition) is 1. The molecule has 2 rings (SSSR count). The van der Waals surface area contributed by atoms with E-state index in [1.807, 2.05) is 24.1 Å². The van der Waals surface area contributed by atoms with Crippen molar-refractivity contribution in [1.82, 2.24) is 9.80 Å². The van der Waals surface area contributed by atoms with Crippen LogP contribution in [0, 0.1) is 0 Å². The van der Waals surface area contributed by atoms with E-state index >= 15 is 0 Å². The third-order valence-electron chi connectivity index (χ3n) is 3.18. The molecule has 0 saturated carbocycles. The van der Waals surface area contributed by atoms with E-state index in [4.69, 9.17) is 9.52 Å². The van der Waals surface area contributed by atoms with E-state index in [0.717, 1.165) is 12.3 Å². The second kappa shape index (κ2) is 5.33. The van der Waals surface area contributed by atoms with Gasteiger partial charge in [-0.15, -0.1) is 0 Å². The van der Waals surface area contributed by atoms with Gasteiger partial charge in [0.1, 0.15) is 5.76 Å². The van der Waals surface area contributed by atoms with Crippen molar-refractivity contribution in [1.29, 1.82) is 0 Å². The topological polar surface area (TPSA) is 56.9 Å². The molecule has 1 aromatic heterocycles. The largest absolute Gasteiger partial charge is 0.467 e. The second-order valence-corrected chi connectivity index (χ2v) is 4.35. The fourth-order valence-electron chi connectivity index (χ4n) is 2.16. The zero-order valence-corrected chi connectivity index (χ0v) is 10.0. The van der Waals surface area contributed by atoms with E-state index in [1.165, 1.54) is 0 Å². The lowest BCUT2D eigenvalue weighted by Gasteiger charge is -2.38. The monoisotopic (exact) mass is 238 g/mol. The Morgan fingerprint density at radius 3 is 3.00 bits per heavy atom. The maximum atomic E-state index is 12.2. The van der Waals surface area contributed by atoms with Gasteiger partial charge in [0.15, 0.2) is 0 Å². The number of piperazine rings is 1. The Morgan fingerprint density at radius 1 is 1.53 bits per heavy atom. The summed E-state index contributed by atoms with van der Waals surface area (Å²) in [7, 11) is 1.92. The van der Waals surface area contributed by atoms with Gasteiger partial charge in [0.25, 0.3) is 0 Å². The van der Waals surface area contributed by atoms with Crippen LogP contribution in [-0.2, 0) is 11.3 Å². The van der Waals surface area contributed by atoms with Gasteiger partial charge in [-0.2, -0.15) is 0 Å². The Kier molecular flexibility index (Phi) is 3.81. The third kappa shape index (κ3) is 2.68. The van der Waals surface area contributed by atoms with Gasteiger partial charge >= 0.3 is 0 Å². The van der Waals surface area contributed by atoms with Gasteiger partial charge in [-0.05, 0) is 25.6 Å². The SMILES string of the molecule is CN1CCN(Cc2ccco2)C(=O)C1CCO. The molecule has 0 radical (unpaired) electrons. The molecule has 5 heteroatoms. The van der Waals surface area contributed by atoms with E-state index in [2.05, 4.69) is 0 Å². The summed E-state index contributed by atoms with van der Waals surface area (Å²) in [6, 6.07) is 3.48. The molecule has 0 bridgehead atoms. The number of likely N-dealkylation sites (N-methyl/N-ethyl adjacent to an activating group) is 1. The van der Waals surface area contributed by atoms with Crippen LogP contribution < -0.4 is 0 Å². The highest BCUT2D eigenvalue weighted by atomic mass is 16.3. The van der Waals surface area contributed by atoms with Crippen molar-refractivity contribution in [3.63, 3.8) is 0 Å². The summed E-state index contributed by atoms with van der Waals surface area (Å²) in [6.07, 6.45) is 2.10. The molecule has 1 saturated heterocycles. The Labute approximate surface area is 101 Å². The normalized spacial score (nSPS) is 22.1. The highest BCUT2D eigenvalue weighted by molar-refractivity contribution is 5.82. The molecule has 94 valence electrons. The summed E-state index contributed by atoms with van der Waals surface area (Å²) in [5.74, 6) is 0.870. The zero-order chi connectivity index (χ0) is 12.3. The van der Waals surface area contributed by atoms with E-state index in [1.54, 1.807) is 11.2 Å². The standard InChI is InChI=1S/C12H18N2O3/c1-13-5-6-14(9-10-3-2-8-17-10)12(16)11(13)4-7-15/h2-3,8,11,15H,4-7,9H2,1H3. The second-order valence-electron chi connectivity index (χ2n) is 4.35. The fraction of sp³-hybridized carbons (Fsp3) is 0.583. The Bertz CT molecular complexity index is 364. The molecule has 0 aromatic carbocycles. The number of hydrogen-bond acceptors (Lipinski definition) is 4. The molecule has 2 heterocycles. The number of carbonyl (C=O) groups excluding carboxylic acids is 1. The van der Waals surface area contributed by atoms with Crippen molar-refractivity contribution in [3.8, 4) is 0 Å². The minimum absolute atomic E-state index is 0.0370. The molecule has 5 nitrogen and oxygen atoms in total.